The maximum Gasteiger partial charge on any atom is 0.409 e. The monoisotopic (exact) mass is 532 g/mol. The number of carbonyl (C=O) groups excluding carboxylic acids is 3. The zero-order chi connectivity index (χ0) is 28.5. The molecule has 38 heavy (non-hydrogen) atoms. The number of hydrogen-bond acceptors (Lipinski definition) is 6. The molecule has 2 rings (SSSR count). The SMILES string of the molecule is CCCCNC(=O)[C@@H](C[C@H](N)[C@@H](C)CC(C)(C)CC(=O)N1C[C@H](NC(=O)OC)Oc2ccccc21)C(C)C. The normalized spacial score (nSPS) is 17.6. The zero-order valence-corrected chi connectivity index (χ0v) is 24.2. The number of alkyl carbamates (subject to hydrolysis) is 1. The van der Waals surface area contributed by atoms with Gasteiger partial charge < -0.3 is 25.4 Å². The summed E-state index contributed by atoms with van der Waals surface area (Å²) in [5, 5.41) is 5.69. The lowest BCUT2D eigenvalue weighted by Gasteiger charge is -2.37. The molecule has 1 heterocycles. The van der Waals surface area contributed by atoms with Crippen LogP contribution in [0.5, 0.6) is 5.75 Å². The van der Waals surface area contributed by atoms with Gasteiger partial charge in [0.1, 0.15) is 5.75 Å². The first-order valence-electron chi connectivity index (χ1n) is 13.8. The topological polar surface area (TPSA) is 123 Å². The minimum absolute atomic E-state index is 0.0569. The molecule has 0 aromatic heterocycles. The van der Waals surface area contributed by atoms with E-state index in [-0.39, 0.29) is 47.6 Å². The fraction of sp³-hybridized carbons (Fsp3) is 0.690. The number of benzene rings is 1. The van der Waals surface area contributed by atoms with Gasteiger partial charge in [-0.15, -0.1) is 0 Å². The fourth-order valence-electron chi connectivity index (χ4n) is 5.06. The first kappa shape index (κ1) is 31.4. The Labute approximate surface area is 228 Å². The lowest BCUT2D eigenvalue weighted by atomic mass is 9.75. The molecule has 0 unspecified atom stereocenters. The summed E-state index contributed by atoms with van der Waals surface area (Å²) in [5.74, 6) is 0.715. The molecule has 4 N–H and O–H groups in total. The Morgan fingerprint density at radius 3 is 2.53 bits per heavy atom. The molecule has 0 spiro atoms. The standard InChI is InChI=1S/C29H48N4O5/c1-8-9-14-31-27(35)21(19(2)3)15-22(30)20(4)16-29(5,6)17-26(34)33-18-25(32-28(36)37-7)38-24-13-11-10-12-23(24)33/h10-13,19-22,25H,8-9,14-18,30H2,1-7H3,(H,31,35)(H,32,36)/t20-,21-,22-,25+/m0/s1. The first-order valence-corrected chi connectivity index (χ1v) is 13.8. The minimum atomic E-state index is -0.715. The number of nitrogens with one attached hydrogen (secondary N) is 2. The average molecular weight is 533 g/mol. The van der Waals surface area contributed by atoms with Gasteiger partial charge in [0.25, 0.3) is 0 Å². The van der Waals surface area contributed by atoms with Gasteiger partial charge in [-0.2, -0.15) is 0 Å². The highest BCUT2D eigenvalue weighted by Crippen LogP contribution is 2.37. The van der Waals surface area contributed by atoms with Crippen molar-refractivity contribution in [1.29, 1.82) is 0 Å². The van der Waals surface area contributed by atoms with Gasteiger partial charge in [0, 0.05) is 24.9 Å². The van der Waals surface area contributed by atoms with Gasteiger partial charge in [0.05, 0.1) is 19.3 Å². The van der Waals surface area contributed by atoms with Crippen LogP contribution in [0.15, 0.2) is 24.3 Å². The zero-order valence-electron chi connectivity index (χ0n) is 24.2. The van der Waals surface area contributed by atoms with Crippen LogP contribution in [-0.2, 0) is 14.3 Å². The van der Waals surface area contributed by atoms with Gasteiger partial charge in [-0.25, -0.2) is 4.79 Å². The van der Waals surface area contributed by atoms with Crippen molar-refractivity contribution >= 4 is 23.6 Å². The van der Waals surface area contributed by atoms with Crippen molar-refractivity contribution in [2.24, 2.45) is 28.9 Å². The van der Waals surface area contributed by atoms with Crippen LogP contribution < -0.4 is 26.0 Å². The molecule has 0 radical (unpaired) electrons. The van der Waals surface area contributed by atoms with E-state index in [1.807, 2.05) is 18.2 Å². The largest absolute Gasteiger partial charge is 0.466 e. The number of anilines is 1. The molecule has 1 aliphatic rings. The molecule has 0 fully saturated rings. The lowest BCUT2D eigenvalue weighted by Crippen LogP contribution is -2.52. The summed E-state index contributed by atoms with van der Waals surface area (Å²) in [6.07, 6.45) is 2.31. The number of fused-ring (bicyclic) bond motifs is 1. The van der Waals surface area contributed by atoms with Crippen molar-refractivity contribution in [2.75, 3.05) is 25.1 Å². The highest BCUT2D eigenvalue weighted by molar-refractivity contribution is 5.95. The van der Waals surface area contributed by atoms with Crippen molar-refractivity contribution in [3.8, 4) is 5.75 Å². The van der Waals surface area contributed by atoms with Crippen molar-refractivity contribution in [1.82, 2.24) is 10.6 Å². The Hall–Kier alpha value is -2.81. The van der Waals surface area contributed by atoms with E-state index < -0.39 is 12.3 Å². The third kappa shape index (κ3) is 9.19. The summed E-state index contributed by atoms with van der Waals surface area (Å²) in [7, 11) is 1.28. The molecule has 0 saturated heterocycles. The predicted molar refractivity (Wildman–Crippen MR) is 150 cm³/mol. The van der Waals surface area contributed by atoms with Gasteiger partial charge in [-0.1, -0.05) is 60.1 Å². The summed E-state index contributed by atoms with van der Waals surface area (Å²) in [5.41, 5.74) is 6.97. The van der Waals surface area contributed by atoms with E-state index in [2.05, 4.69) is 52.2 Å². The molecule has 9 heteroatoms. The predicted octanol–water partition coefficient (Wildman–Crippen LogP) is 4.44. The number of nitrogens with two attached hydrogens (primary N) is 1. The van der Waals surface area contributed by atoms with Crippen LogP contribution in [0.4, 0.5) is 10.5 Å². The molecular weight excluding hydrogens is 484 g/mol. The molecule has 0 bridgehead atoms. The summed E-state index contributed by atoms with van der Waals surface area (Å²) >= 11 is 0. The third-order valence-electron chi connectivity index (χ3n) is 7.27. The molecule has 0 saturated carbocycles. The Balaban J connectivity index is 2.04. The molecule has 1 aromatic rings. The van der Waals surface area contributed by atoms with Crippen LogP contribution in [0.3, 0.4) is 0 Å². The van der Waals surface area contributed by atoms with E-state index in [0.717, 1.165) is 19.3 Å². The Morgan fingerprint density at radius 1 is 1.21 bits per heavy atom. The Kier molecular flexibility index (Phi) is 11.9. The molecule has 4 atom stereocenters. The maximum absolute atomic E-state index is 13.6. The number of nitrogens with zero attached hydrogens (tertiary/aromatic N) is 1. The van der Waals surface area contributed by atoms with Crippen LogP contribution in [0.1, 0.15) is 73.6 Å². The molecule has 214 valence electrons. The molecule has 3 amide bonds. The molecular formula is C29H48N4O5. The van der Waals surface area contributed by atoms with Gasteiger partial charge in [-0.05, 0) is 48.6 Å². The van der Waals surface area contributed by atoms with Crippen molar-refractivity contribution in [2.45, 2.75) is 85.9 Å². The highest BCUT2D eigenvalue weighted by Gasteiger charge is 2.35. The van der Waals surface area contributed by atoms with Crippen LogP contribution in [0.25, 0.3) is 0 Å². The minimum Gasteiger partial charge on any atom is -0.466 e. The van der Waals surface area contributed by atoms with Crippen LogP contribution in [-0.4, -0.2) is 50.4 Å². The number of unbranched alkanes of at least 4 members (excludes halogenated alkanes) is 1. The lowest BCUT2D eigenvalue weighted by molar-refractivity contribution is -0.126. The van der Waals surface area contributed by atoms with Gasteiger partial charge in [-0.3, -0.25) is 14.9 Å². The number of hydrogen-bond donors (Lipinski definition) is 3. The van der Waals surface area contributed by atoms with E-state index in [4.69, 9.17) is 15.2 Å². The summed E-state index contributed by atoms with van der Waals surface area (Å²) in [6.45, 7) is 13.3. The van der Waals surface area contributed by atoms with E-state index in [1.165, 1.54) is 7.11 Å². The average Bonchev–Trinajstić information content (AvgIpc) is 2.85. The number of para-hydroxylation sites is 2. The number of ether oxygens (including phenoxy) is 2. The smallest absolute Gasteiger partial charge is 0.409 e. The summed E-state index contributed by atoms with van der Waals surface area (Å²) in [4.78, 5) is 39.8. The maximum atomic E-state index is 13.6. The summed E-state index contributed by atoms with van der Waals surface area (Å²) in [6, 6.07) is 7.13. The number of amides is 3. The fourth-order valence-corrected chi connectivity index (χ4v) is 5.06. The second-order valence-electron chi connectivity index (χ2n) is 11.6. The molecule has 0 aliphatic carbocycles. The number of carbonyl (C=O) groups is 3. The van der Waals surface area contributed by atoms with Crippen LogP contribution in [0, 0.1) is 23.2 Å². The van der Waals surface area contributed by atoms with Gasteiger partial charge in [0.15, 0.2) is 6.23 Å². The quantitative estimate of drug-likeness (QED) is 0.323. The van der Waals surface area contributed by atoms with E-state index in [0.29, 0.717) is 30.8 Å². The van der Waals surface area contributed by atoms with E-state index in [9.17, 15) is 14.4 Å². The Morgan fingerprint density at radius 2 is 1.89 bits per heavy atom. The van der Waals surface area contributed by atoms with E-state index >= 15 is 0 Å². The number of rotatable bonds is 13. The van der Waals surface area contributed by atoms with E-state index in [1.54, 1.807) is 11.0 Å². The third-order valence-corrected chi connectivity index (χ3v) is 7.27. The second kappa shape index (κ2) is 14.4. The summed E-state index contributed by atoms with van der Waals surface area (Å²) < 4.78 is 10.6. The second-order valence-corrected chi connectivity index (χ2v) is 11.6. The number of methoxy groups -OCH3 is 1. The molecule has 1 aliphatic heterocycles. The molecule has 1 aromatic carbocycles. The van der Waals surface area contributed by atoms with Crippen molar-refractivity contribution < 1.29 is 23.9 Å². The van der Waals surface area contributed by atoms with Gasteiger partial charge in [0.2, 0.25) is 11.8 Å². The van der Waals surface area contributed by atoms with Crippen LogP contribution >= 0.6 is 0 Å². The van der Waals surface area contributed by atoms with Gasteiger partial charge >= 0.3 is 6.09 Å². The first-order chi connectivity index (χ1) is 17.9. The van der Waals surface area contributed by atoms with Crippen molar-refractivity contribution in [3.63, 3.8) is 0 Å². The Bertz CT molecular complexity index is 935. The van der Waals surface area contributed by atoms with Crippen molar-refractivity contribution in [3.05, 3.63) is 24.3 Å². The molecule has 9 nitrogen and oxygen atoms in total. The highest BCUT2D eigenvalue weighted by atomic mass is 16.6. The van der Waals surface area contributed by atoms with Crippen LogP contribution in [0.2, 0.25) is 0 Å².